The Bertz CT molecular complexity index is 1560. The minimum Gasteiger partial charge on any atom is -0.382 e. The predicted octanol–water partition coefficient (Wildman–Crippen LogP) is 3.75. The molecule has 1 unspecified atom stereocenters. The lowest BCUT2D eigenvalue weighted by Crippen LogP contribution is -2.54. The van der Waals surface area contributed by atoms with E-state index in [4.69, 9.17) is 4.98 Å². The molecule has 2 bridgehead atoms. The Morgan fingerprint density at radius 1 is 1.15 bits per heavy atom. The molecule has 1 saturated carbocycles. The fraction of sp³-hybridized carbons (Fsp3) is 0.407. The minimum atomic E-state index is -0.111. The zero-order valence-electron chi connectivity index (χ0n) is 22.0. The topological polar surface area (TPSA) is 136 Å². The lowest BCUT2D eigenvalue weighted by molar-refractivity contribution is 0.225. The standard InChI is InChI=1S/C27H30N10OS/c1-15(2)32-21-9-22(23-7-6-19-8-16(10-28)11-31-37(19)23)30-12-20(21)25-34-35-27(39-25)36-13-17-4-5-18(14-36)24(17)33-26(38)29-3/h6-9,11-12,15,17-18,24H,4-5,13-14H2,1-3H3,(H,30,32)(H2,29,33,38)/t17-,18+,24?. The number of amides is 2. The first kappa shape index (κ1) is 25.1. The van der Waals surface area contributed by atoms with Crippen molar-refractivity contribution in [2.75, 3.05) is 30.4 Å². The minimum absolute atomic E-state index is 0.111. The van der Waals surface area contributed by atoms with Crippen LogP contribution in [0.3, 0.4) is 0 Å². The van der Waals surface area contributed by atoms with E-state index in [2.05, 4.69) is 56.1 Å². The molecule has 12 heteroatoms. The number of rotatable bonds is 6. The third kappa shape index (κ3) is 4.74. The molecule has 6 rings (SSSR count). The smallest absolute Gasteiger partial charge is 0.314 e. The Morgan fingerprint density at radius 2 is 1.95 bits per heavy atom. The van der Waals surface area contributed by atoms with Crippen molar-refractivity contribution in [2.24, 2.45) is 11.8 Å². The van der Waals surface area contributed by atoms with Gasteiger partial charge in [0.15, 0.2) is 5.01 Å². The largest absolute Gasteiger partial charge is 0.382 e. The second-order valence-corrected chi connectivity index (χ2v) is 11.4. The van der Waals surface area contributed by atoms with Crippen LogP contribution in [0.15, 0.2) is 36.7 Å². The molecule has 0 aromatic carbocycles. The summed E-state index contributed by atoms with van der Waals surface area (Å²) in [6.45, 7) is 5.91. The van der Waals surface area contributed by atoms with Gasteiger partial charge in [-0.2, -0.15) is 10.4 Å². The van der Waals surface area contributed by atoms with Crippen molar-refractivity contribution in [1.29, 1.82) is 5.26 Å². The van der Waals surface area contributed by atoms with Gasteiger partial charge in [-0.25, -0.2) is 9.31 Å². The summed E-state index contributed by atoms with van der Waals surface area (Å²) in [5, 5.41) is 33.8. The maximum atomic E-state index is 11.9. The fourth-order valence-corrected chi connectivity index (χ4v) is 6.63. The summed E-state index contributed by atoms with van der Waals surface area (Å²) in [5.74, 6) is 0.810. The molecule has 1 aliphatic heterocycles. The number of nitrogens with zero attached hydrogens (tertiary/aromatic N) is 7. The van der Waals surface area contributed by atoms with Crippen molar-refractivity contribution in [3.8, 4) is 28.0 Å². The molecule has 11 nitrogen and oxygen atoms in total. The predicted molar refractivity (Wildman–Crippen MR) is 151 cm³/mol. The normalized spacial score (nSPS) is 20.3. The first-order valence-electron chi connectivity index (χ1n) is 13.2. The summed E-state index contributed by atoms with van der Waals surface area (Å²) in [7, 11) is 1.65. The number of nitrogens with one attached hydrogen (secondary N) is 3. The van der Waals surface area contributed by atoms with Crippen molar-refractivity contribution in [3.63, 3.8) is 0 Å². The summed E-state index contributed by atoms with van der Waals surface area (Å²) in [4.78, 5) is 19.0. The highest BCUT2D eigenvalue weighted by atomic mass is 32.1. The Hall–Kier alpha value is -4.24. The highest BCUT2D eigenvalue weighted by Crippen LogP contribution is 2.41. The van der Waals surface area contributed by atoms with E-state index in [1.54, 1.807) is 29.1 Å². The molecule has 1 saturated heterocycles. The number of hydrogen-bond acceptors (Lipinski definition) is 9. The van der Waals surface area contributed by atoms with Gasteiger partial charge in [0, 0.05) is 44.1 Å². The van der Waals surface area contributed by atoms with Crippen molar-refractivity contribution < 1.29 is 4.79 Å². The van der Waals surface area contributed by atoms with Crippen LogP contribution in [0.4, 0.5) is 15.6 Å². The van der Waals surface area contributed by atoms with Crippen LogP contribution < -0.4 is 20.9 Å². The van der Waals surface area contributed by atoms with Crippen molar-refractivity contribution in [2.45, 2.75) is 38.8 Å². The van der Waals surface area contributed by atoms with Gasteiger partial charge in [0.2, 0.25) is 5.13 Å². The van der Waals surface area contributed by atoms with Crippen LogP contribution in [-0.4, -0.2) is 63.0 Å². The molecule has 5 heterocycles. The van der Waals surface area contributed by atoms with Gasteiger partial charge in [0.05, 0.1) is 34.2 Å². The van der Waals surface area contributed by atoms with Crippen LogP contribution in [0.25, 0.3) is 27.5 Å². The summed E-state index contributed by atoms with van der Waals surface area (Å²) in [6.07, 6.45) is 5.62. The summed E-state index contributed by atoms with van der Waals surface area (Å²) in [6, 6.07) is 10.2. The van der Waals surface area contributed by atoms with Crippen molar-refractivity contribution in [3.05, 3.63) is 42.2 Å². The van der Waals surface area contributed by atoms with Crippen LogP contribution in [0.2, 0.25) is 0 Å². The highest BCUT2D eigenvalue weighted by molar-refractivity contribution is 7.18. The Kier molecular flexibility index (Phi) is 6.52. The van der Waals surface area contributed by atoms with E-state index in [9.17, 15) is 10.1 Å². The number of anilines is 2. The monoisotopic (exact) mass is 542 g/mol. The lowest BCUT2D eigenvalue weighted by atomic mass is 9.92. The molecule has 3 atom stereocenters. The highest BCUT2D eigenvalue weighted by Gasteiger charge is 2.43. The van der Waals surface area contributed by atoms with Crippen LogP contribution in [0.1, 0.15) is 32.3 Å². The first-order valence-corrected chi connectivity index (χ1v) is 14.0. The van der Waals surface area contributed by atoms with E-state index in [0.717, 1.165) is 64.2 Å². The number of fused-ring (bicyclic) bond motifs is 3. The molecule has 39 heavy (non-hydrogen) atoms. The molecule has 2 fully saturated rings. The van der Waals surface area contributed by atoms with Crippen LogP contribution in [0, 0.1) is 23.2 Å². The molecule has 4 aromatic rings. The summed E-state index contributed by atoms with van der Waals surface area (Å²) < 4.78 is 1.79. The molecule has 1 aliphatic carbocycles. The second kappa shape index (κ2) is 10.1. The maximum Gasteiger partial charge on any atom is 0.314 e. The number of carbonyl (C=O) groups is 1. The van der Waals surface area contributed by atoms with Gasteiger partial charge >= 0.3 is 6.03 Å². The van der Waals surface area contributed by atoms with Crippen LogP contribution in [-0.2, 0) is 0 Å². The van der Waals surface area contributed by atoms with Gasteiger partial charge in [-0.05, 0) is 62.8 Å². The molecule has 2 amide bonds. The number of piperidine rings is 1. The van der Waals surface area contributed by atoms with Gasteiger partial charge < -0.3 is 20.9 Å². The van der Waals surface area contributed by atoms with Gasteiger partial charge in [-0.1, -0.05) is 11.3 Å². The fourth-order valence-electron chi connectivity index (χ4n) is 5.74. The lowest BCUT2D eigenvalue weighted by Gasteiger charge is -2.37. The molecular weight excluding hydrogens is 512 g/mol. The average Bonchev–Trinajstić information content (AvgIpc) is 3.64. The van der Waals surface area contributed by atoms with Crippen molar-refractivity contribution >= 4 is 33.7 Å². The van der Waals surface area contributed by atoms with Gasteiger partial charge in [0.1, 0.15) is 6.07 Å². The van der Waals surface area contributed by atoms with E-state index < -0.39 is 0 Å². The zero-order chi connectivity index (χ0) is 27.1. The number of pyridine rings is 1. The summed E-state index contributed by atoms with van der Waals surface area (Å²) >= 11 is 1.57. The van der Waals surface area contributed by atoms with Gasteiger partial charge in [-0.15, -0.1) is 10.2 Å². The molecule has 200 valence electrons. The molecule has 0 radical (unpaired) electrons. The Balaban J connectivity index is 1.27. The molecule has 0 spiro atoms. The quantitative estimate of drug-likeness (QED) is 0.335. The molecular formula is C27H30N10OS. The third-order valence-corrected chi connectivity index (χ3v) is 8.53. The number of urea groups is 1. The van der Waals surface area contributed by atoms with Crippen molar-refractivity contribution in [1.82, 2.24) is 35.4 Å². The van der Waals surface area contributed by atoms with Crippen LogP contribution >= 0.6 is 11.3 Å². The van der Waals surface area contributed by atoms with Crippen LogP contribution in [0.5, 0.6) is 0 Å². The maximum absolute atomic E-state index is 11.9. The van der Waals surface area contributed by atoms with E-state index in [1.165, 1.54) is 0 Å². The first-order chi connectivity index (χ1) is 18.9. The number of aromatic nitrogens is 5. The number of carbonyl (C=O) groups excluding carboxylic acids is 1. The Morgan fingerprint density at radius 3 is 2.67 bits per heavy atom. The van der Waals surface area contributed by atoms with Gasteiger partial charge in [-0.3, -0.25) is 4.98 Å². The van der Waals surface area contributed by atoms with E-state index in [0.29, 0.717) is 17.4 Å². The molecule has 4 aromatic heterocycles. The van der Waals surface area contributed by atoms with Gasteiger partial charge in [0.25, 0.3) is 0 Å². The SMILES string of the molecule is CNC(=O)NC1[C@@H]2CC[C@H]1CN(c1nnc(-c3cnc(-c4ccc5cc(C#N)cnn45)cc3NC(C)C)s1)C2. The third-order valence-electron chi connectivity index (χ3n) is 7.51. The Labute approximate surface area is 230 Å². The second-order valence-electron chi connectivity index (χ2n) is 10.5. The molecule has 3 N–H and O–H groups in total. The number of hydrogen-bond donors (Lipinski definition) is 3. The van der Waals surface area contributed by atoms with E-state index in [1.807, 2.05) is 30.5 Å². The zero-order valence-corrected chi connectivity index (χ0v) is 22.9. The number of nitriles is 1. The summed E-state index contributed by atoms with van der Waals surface area (Å²) in [5.41, 5.74) is 4.79. The molecule has 2 aliphatic rings. The van der Waals surface area contributed by atoms with E-state index >= 15 is 0 Å². The van der Waals surface area contributed by atoms with E-state index in [-0.39, 0.29) is 18.1 Å². The average molecular weight is 543 g/mol.